The Balaban J connectivity index is 1.95. The summed E-state index contributed by atoms with van der Waals surface area (Å²) in [6, 6.07) is 8.63. The van der Waals surface area contributed by atoms with E-state index in [2.05, 4.69) is 35.2 Å². The molecule has 0 aromatic heterocycles. The van der Waals surface area contributed by atoms with Gasteiger partial charge in [0.05, 0.1) is 0 Å². The fourth-order valence-electron chi connectivity index (χ4n) is 1.82. The van der Waals surface area contributed by atoms with Gasteiger partial charge in [0.25, 0.3) is 0 Å². The zero-order valence-corrected chi connectivity index (χ0v) is 8.87. The highest BCUT2D eigenvalue weighted by Crippen LogP contribution is 2.21. The smallest absolute Gasteiger partial charge is 0.0404 e. The van der Waals surface area contributed by atoms with Crippen LogP contribution in [-0.2, 0) is 13.1 Å². The summed E-state index contributed by atoms with van der Waals surface area (Å²) < 4.78 is 0. The summed E-state index contributed by atoms with van der Waals surface area (Å²) in [5.41, 5.74) is 2.93. The highest BCUT2D eigenvalue weighted by Gasteiger charge is 2.16. The van der Waals surface area contributed by atoms with Gasteiger partial charge in [-0.1, -0.05) is 36.4 Å². The molecule has 1 heterocycles. The summed E-state index contributed by atoms with van der Waals surface area (Å²) in [6.45, 7) is 3.15. The minimum Gasteiger partial charge on any atom is -0.291 e. The average molecular weight is 208 g/mol. The predicted molar refractivity (Wildman–Crippen MR) is 60.4 cm³/mol. The molecule has 0 saturated carbocycles. The third-order valence-electron chi connectivity index (χ3n) is 2.53. The van der Waals surface area contributed by atoms with Crippen molar-refractivity contribution in [3.63, 3.8) is 0 Å². The fraction of sp³-hybridized carbons (Fsp3) is 0.333. The molecular weight excluding hydrogens is 194 g/mol. The van der Waals surface area contributed by atoms with E-state index in [-0.39, 0.29) is 0 Å². The molecular formula is C12H14ClN. The molecule has 0 N–H and O–H groups in total. The second kappa shape index (κ2) is 4.63. The van der Waals surface area contributed by atoms with E-state index >= 15 is 0 Å². The van der Waals surface area contributed by atoms with Crippen LogP contribution in [0, 0.1) is 0 Å². The number of fused-ring (bicyclic) bond motifs is 1. The molecule has 1 aliphatic heterocycles. The monoisotopic (exact) mass is 207 g/mol. The van der Waals surface area contributed by atoms with Gasteiger partial charge in [-0.2, -0.15) is 0 Å². The number of hydrogen-bond donors (Lipinski definition) is 0. The number of rotatable bonds is 3. The molecule has 14 heavy (non-hydrogen) atoms. The first-order valence-corrected chi connectivity index (χ1v) is 5.43. The summed E-state index contributed by atoms with van der Waals surface area (Å²) in [7, 11) is 0. The van der Waals surface area contributed by atoms with Crippen molar-refractivity contribution >= 4 is 11.6 Å². The van der Waals surface area contributed by atoms with Crippen LogP contribution < -0.4 is 0 Å². The Morgan fingerprint density at radius 3 is 2.36 bits per heavy atom. The molecule has 0 bridgehead atoms. The zero-order valence-electron chi connectivity index (χ0n) is 8.12. The molecule has 1 aliphatic rings. The van der Waals surface area contributed by atoms with Crippen LogP contribution in [0.5, 0.6) is 0 Å². The molecule has 2 heteroatoms. The number of hydrogen-bond acceptors (Lipinski definition) is 1. The lowest BCUT2D eigenvalue weighted by Gasteiger charge is -2.10. The third kappa shape index (κ3) is 2.17. The van der Waals surface area contributed by atoms with Gasteiger partial charge >= 0.3 is 0 Å². The van der Waals surface area contributed by atoms with Crippen molar-refractivity contribution < 1.29 is 0 Å². The van der Waals surface area contributed by atoms with Crippen molar-refractivity contribution in [1.82, 2.24) is 4.90 Å². The van der Waals surface area contributed by atoms with Gasteiger partial charge < -0.3 is 0 Å². The van der Waals surface area contributed by atoms with E-state index < -0.39 is 0 Å². The topological polar surface area (TPSA) is 3.24 Å². The molecule has 0 atom stereocenters. The van der Waals surface area contributed by atoms with Gasteiger partial charge in [-0.25, -0.2) is 0 Å². The second-order valence-corrected chi connectivity index (χ2v) is 3.87. The third-order valence-corrected chi connectivity index (χ3v) is 2.70. The van der Waals surface area contributed by atoms with Gasteiger partial charge in [0.15, 0.2) is 0 Å². The molecule has 0 fully saturated rings. The number of benzene rings is 1. The molecule has 0 unspecified atom stereocenters. The Bertz CT molecular complexity index is 308. The summed E-state index contributed by atoms with van der Waals surface area (Å²) in [5.74, 6) is 0.612. The molecule has 0 aliphatic carbocycles. The summed E-state index contributed by atoms with van der Waals surface area (Å²) in [6.07, 6.45) is 4.14. The molecule has 1 aromatic carbocycles. The van der Waals surface area contributed by atoms with Crippen molar-refractivity contribution in [2.75, 3.05) is 12.4 Å². The maximum absolute atomic E-state index is 5.57. The van der Waals surface area contributed by atoms with E-state index in [1.807, 2.05) is 6.08 Å². The minimum atomic E-state index is 0.612. The van der Waals surface area contributed by atoms with Crippen LogP contribution in [0.2, 0.25) is 0 Å². The first-order chi connectivity index (χ1) is 6.90. The van der Waals surface area contributed by atoms with E-state index in [0.29, 0.717) is 5.88 Å². The predicted octanol–water partition coefficient (Wildman–Crippen LogP) is 2.80. The van der Waals surface area contributed by atoms with Crippen molar-refractivity contribution in [3.05, 3.63) is 47.5 Å². The number of alkyl halides is 1. The molecule has 0 radical (unpaired) electrons. The van der Waals surface area contributed by atoms with Gasteiger partial charge in [-0.15, -0.1) is 11.6 Å². The molecule has 2 rings (SSSR count). The van der Waals surface area contributed by atoms with E-state index in [4.69, 9.17) is 11.6 Å². The molecule has 0 saturated heterocycles. The van der Waals surface area contributed by atoms with E-state index in [1.165, 1.54) is 11.1 Å². The lowest BCUT2D eigenvalue weighted by molar-refractivity contribution is 0.317. The number of nitrogens with zero attached hydrogens (tertiary/aromatic N) is 1. The highest BCUT2D eigenvalue weighted by molar-refractivity contribution is 6.18. The molecule has 0 amide bonds. The summed E-state index contributed by atoms with van der Waals surface area (Å²) >= 11 is 5.57. The first-order valence-electron chi connectivity index (χ1n) is 4.90. The van der Waals surface area contributed by atoms with Crippen molar-refractivity contribution in [2.45, 2.75) is 13.1 Å². The Morgan fingerprint density at radius 2 is 1.79 bits per heavy atom. The fourth-order valence-corrected chi connectivity index (χ4v) is 1.95. The molecule has 0 spiro atoms. The summed E-state index contributed by atoms with van der Waals surface area (Å²) in [5, 5.41) is 0. The van der Waals surface area contributed by atoms with Crippen LogP contribution in [0.3, 0.4) is 0 Å². The Labute approximate surface area is 90.0 Å². The Kier molecular flexibility index (Phi) is 3.22. The van der Waals surface area contributed by atoms with E-state index in [9.17, 15) is 0 Å². The van der Waals surface area contributed by atoms with Gasteiger partial charge in [0, 0.05) is 25.5 Å². The molecule has 1 aromatic rings. The molecule has 74 valence electrons. The van der Waals surface area contributed by atoms with Crippen molar-refractivity contribution in [3.8, 4) is 0 Å². The standard InChI is InChI=1S/C12H14ClN/c13-7-3-4-8-14-9-11-5-1-2-6-12(11)10-14/h1-6H,7-10H2/b4-3+. The highest BCUT2D eigenvalue weighted by atomic mass is 35.5. The largest absolute Gasteiger partial charge is 0.291 e. The average Bonchev–Trinajstić information content (AvgIpc) is 2.60. The summed E-state index contributed by atoms with van der Waals surface area (Å²) in [4.78, 5) is 2.41. The number of allylic oxidation sites excluding steroid dienone is 1. The lowest BCUT2D eigenvalue weighted by atomic mass is 10.1. The maximum Gasteiger partial charge on any atom is 0.0404 e. The van der Waals surface area contributed by atoms with E-state index in [0.717, 1.165) is 19.6 Å². The quantitative estimate of drug-likeness (QED) is 0.544. The number of halogens is 1. The van der Waals surface area contributed by atoms with Gasteiger partial charge in [0.1, 0.15) is 0 Å². The van der Waals surface area contributed by atoms with Crippen LogP contribution in [0.4, 0.5) is 0 Å². The second-order valence-electron chi connectivity index (χ2n) is 3.56. The zero-order chi connectivity index (χ0) is 9.80. The Hall–Kier alpha value is -0.790. The van der Waals surface area contributed by atoms with Crippen LogP contribution in [0.1, 0.15) is 11.1 Å². The van der Waals surface area contributed by atoms with Gasteiger partial charge in [0.2, 0.25) is 0 Å². The van der Waals surface area contributed by atoms with Gasteiger partial charge in [-0.3, -0.25) is 4.90 Å². The Morgan fingerprint density at radius 1 is 1.14 bits per heavy atom. The first kappa shape index (κ1) is 9.75. The van der Waals surface area contributed by atoms with Crippen LogP contribution in [0.15, 0.2) is 36.4 Å². The normalized spacial score (nSPS) is 16.4. The van der Waals surface area contributed by atoms with Crippen LogP contribution >= 0.6 is 11.6 Å². The minimum absolute atomic E-state index is 0.612. The van der Waals surface area contributed by atoms with E-state index in [1.54, 1.807) is 0 Å². The lowest BCUT2D eigenvalue weighted by Crippen LogP contribution is -2.15. The molecule has 1 nitrogen and oxygen atoms in total. The van der Waals surface area contributed by atoms with Crippen LogP contribution in [-0.4, -0.2) is 17.3 Å². The van der Waals surface area contributed by atoms with Crippen molar-refractivity contribution in [1.29, 1.82) is 0 Å². The van der Waals surface area contributed by atoms with Crippen molar-refractivity contribution in [2.24, 2.45) is 0 Å². The SMILES string of the molecule is ClC/C=C/CN1Cc2ccccc2C1. The maximum atomic E-state index is 5.57. The van der Waals surface area contributed by atoms with Gasteiger partial charge in [-0.05, 0) is 11.1 Å². The van der Waals surface area contributed by atoms with Crippen LogP contribution in [0.25, 0.3) is 0 Å².